The molecule has 0 aliphatic carbocycles. The van der Waals surface area contributed by atoms with Crippen LogP contribution in [-0.2, 0) is 11.2 Å². The minimum absolute atomic E-state index is 0.255. The smallest absolute Gasteiger partial charge is 0.261 e. The van der Waals surface area contributed by atoms with E-state index < -0.39 is 12.1 Å². The Morgan fingerprint density at radius 3 is 2.64 bits per heavy atom. The average Bonchev–Trinajstić information content (AvgIpc) is 3.18. The summed E-state index contributed by atoms with van der Waals surface area (Å²) in [5, 5.41) is 4.11. The molecule has 0 unspecified atom stereocenters. The van der Waals surface area contributed by atoms with E-state index in [0.717, 1.165) is 27.6 Å². The largest absolute Gasteiger partial charge is 0.481 e. The van der Waals surface area contributed by atoms with Crippen LogP contribution in [-0.4, -0.2) is 27.0 Å². The van der Waals surface area contributed by atoms with Crippen LogP contribution < -0.4 is 15.6 Å². The molecule has 1 amide bonds. The Morgan fingerprint density at radius 1 is 1.09 bits per heavy atom. The molecule has 2 aromatic carbocycles. The Hall–Kier alpha value is -3.87. The van der Waals surface area contributed by atoms with Crippen LogP contribution in [0.3, 0.4) is 0 Å². The van der Waals surface area contributed by atoms with Gasteiger partial charge in [-0.2, -0.15) is 0 Å². The van der Waals surface area contributed by atoms with Gasteiger partial charge in [0.15, 0.2) is 6.10 Å². The van der Waals surface area contributed by atoms with E-state index in [1.54, 1.807) is 13.8 Å². The highest BCUT2D eigenvalue weighted by atomic mass is 16.5. The summed E-state index contributed by atoms with van der Waals surface area (Å²) in [5.74, 6) is 0.854. The number of nitrogens with one attached hydrogen (secondary N) is 3. The van der Waals surface area contributed by atoms with Crippen molar-refractivity contribution in [2.75, 3.05) is 0 Å². The summed E-state index contributed by atoms with van der Waals surface area (Å²) in [6.07, 6.45) is 1.68. The number of carbonyl (C=O) groups is 1. The first-order valence-corrected chi connectivity index (χ1v) is 11.0. The zero-order valence-corrected chi connectivity index (χ0v) is 19.2. The van der Waals surface area contributed by atoms with E-state index in [0.29, 0.717) is 23.7 Å². The van der Waals surface area contributed by atoms with E-state index in [4.69, 9.17) is 4.74 Å². The van der Waals surface area contributed by atoms with Gasteiger partial charge in [-0.05, 0) is 62.6 Å². The molecule has 0 radical (unpaired) electrons. The molecule has 0 aliphatic heterocycles. The molecule has 3 N–H and O–H groups in total. The van der Waals surface area contributed by atoms with Crippen LogP contribution in [0.5, 0.6) is 5.75 Å². The molecule has 7 heteroatoms. The van der Waals surface area contributed by atoms with Crippen molar-refractivity contribution in [3.8, 4) is 5.75 Å². The van der Waals surface area contributed by atoms with Crippen LogP contribution in [0.2, 0.25) is 0 Å². The molecule has 4 rings (SSSR count). The quantitative estimate of drug-likeness (QED) is 0.400. The SMILES string of the molecule is Cc1nc([C@@H](Cc2c[nH]c3ccccc23)NC(=O)[C@@H](C)Oc2ccc(C)c(C)c2)cc(=O)[nH]1. The van der Waals surface area contributed by atoms with Crippen molar-refractivity contribution in [2.24, 2.45) is 0 Å². The van der Waals surface area contributed by atoms with Gasteiger partial charge in [0.1, 0.15) is 11.6 Å². The first-order valence-electron chi connectivity index (χ1n) is 11.0. The summed E-state index contributed by atoms with van der Waals surface area (Å²) in [7, 11) is 0. The van der Waals surface area contributed by atoms with Gasteiger partial charge in [-0.1, -0.05) is 24.3 Å². The highest BCUT2D eigenvalue weighted by Crippen LogP contribution is 2.24. The summed E-state index contributed by atoms with van der Waals surface area (Å²) in [5.41, 5.74) is 4.55. The lowest BCUT2D eigenvalue weighted by molar-refractivity contribution is -0.128. The van der Waals surface area contributed by atoms with Gasteiger partial charge in [0.2, 0.25) is 0 Å². The Balaban J connectivity index is 1.59. The number of para-hydroxylation sites is 1. The van der Waals surface area contributed by atoms with Crippen molar-refractivity contribution in [3.05, 3.63) is 93.3 Å². The first-order chi connectivity index (χ1) is 15.8. The number of amides is 1. The number of ether oxygens (including phenoxy) is 1. The molecule has 33 heavy (non-hydrogen) atoms. The molecule has 0 saturated heterocycles. The predicted octanol–water partition coefficient (Wildman–Crippen LogP) is 4.04. The van der Waals surface area contributed by atoms with Gasteiger partial charge in [-0.25, -0.2) is 4.98 Å². The van der Waals surface area contributed by atoms with E-state index in [2.05, 4.69) is 20.3 Å². The molecule has 2 heterocycles. The fourth-order valence-electron chi connectivity index (χ4n) is 3.86. The number of hydrogen-bond acceptors (Lipinski definition) is 4. The second-order valence-corrected chi connectivity index (χ2v) is 8.39. The molecule has 7 nitrogen and oxygen atoms in total. The zero-order chi connectivity index (χ0) is 23.5. The number of H-pyrrole nitrogens is 2. The maximum absolute atomic E-state index is 13.1. The third-order valence-corrected chi connectivity index (χ3v) is 5.81. The van der Waals surface area contributed by atoms with Crippen LogP contribution in [0, 0.1) is 20.8 Å². The topological polar surface area (TPSA) is 99.9 Å². The normalized spacial score (nSPS) is 13.0. The molecule has 4 aromatic rings. The number of nitrogens with zero attached hydrogens (tertiary/aromatic N) is 1. The Bertz CT molecular complexity index is 1360. The minimum atomic E-state index is -0.722. The van der Waals surface area contributed by atoms with Gasteiger partial charge in [0.25, 0.3) is 11.5 Å². The van der Waals surface area contributed by atoms with Gasteiger partial charge in [0, 0.05) is 29.6 Å². The summed E-state index contributed by atoms with van der Waals surface area (Å²) in [4.78, 5) is 35.6. The van der Waals surface area contributed by atoms with Crippen molar-refractivity contribution in [1.29, 1.82) is 0 Å². The molecule has 0 fully saturated rings. The van der Waals surface area contributed by atoms with Crippen molar-refractivity contribution in [1.82, 2.24) is 20.3 Å². The van der Waals surface area contributed by atoms with Crippen LogP contribution in [0.15, 0.2) is 59.5 Å². The summed E-state index contributed by atoms with van der Waals surface area (Å²) in [6.45, 7) is 7.47. The highest BCUT2D eigenvalue weighted by molar-refractivity contribution is 5.84. The molecule has 0 bridgehead atoms. The summed E-state index contributed by atoms with van der Waals surface area (Å²) < 4.78 is 5.90. The molecule has 0 aliphatic rings. The second kappa shape index (κ2) is 9.32. The number of aromatic amines is 2. The van der Waals surface area contributed by atoms with Crippen LogP contribution in [0.1, 0.15) is 41.2 Å². The van der Waals surface area contributed by atoms with Crippen molar-refractivity contribution in [2.45, 2.75) is 46.3 Å². The lowest BCUT2D eigenvalue weighted by Crippen LogP contribution is -2.40. The van der Waals surface area contributed by atoms with Crippen LogP contribution in [0.4, 0.5) is 0 Å². The summed E-state index contributed by atoms with van der Waals surface area (Å²) >= 11 is 0. The molecule has 0 saturated carbocycles. The second-order valence-electron chi connectivity index (χ2n) is 8.39. The third-order valence-electron chi connectivity index (χ3n) is 5.81. The molecule has 170 valence electrons. The number of benzene rings is 2. The predicted molar refractivity (Wildman–Crippen MR) is 128 cm³/mol. The molecular formula is C26H28N4O3. The van der Waals surface area contributed by atoms with Crippen molar-refractivity contribution < 1.29 is 9.53 Å². The number of fused-ring (bicyclic) bond motifs is 1. The number of rotatable bonds is 7. The van der Waals surface area contributed by atoms with Crippen molar-refractivity contribution >= 4 is 16.8 Å². The fourth-order valence-corrected chi connectivity index (χ4v) is 3.86. The van der Waals surface area contributed by atoms with E-state index in [-0.39, 0.29) is 11.5 Å². The maximum Gasteiger partial charge on any atom is 0.261 e. The van der Waals surface area contributed by atoms with Gasteiger partial charge in [-0.3, -0.25) is 9.59 Å². The monoisotopic (exact) mass is 444 g/mol. The van der Waals surface area contributed by atoms with E-state index >= 15 is 0 Å². The molecule has 0 spiro atoms. The van der Waals surface area contributed by atoms with Gasteiger partial charge in [-0.15, -0.1) is 0 Å². The van der Waals surface area contributed by atoms with Gasteiger partial charge >= 0.3 is 0 Å². The molecule has 2 aromatic heterocycles. The Kier molecular flexibility index (Phi) is 6.31. The van der Waals surface area contributed by atoms with Crippen LogP contribution in [0.25, 0.3) is 10.9 Å². The number of carbonyl (C=O) groups excluding carboxylic acids is 1. The van der Waals surface area contributed by atoms with E-state index in [1.165, 1.54) is 6.07 Å². The lowest BCUT2D eigenvalue weighted by Gasteiger charge is -2.22. The molecular weight excluding hydrogens is 416 g/mol. The van der Waals surface area contributed by atoms with Gasteiger partial charge in [0.05, 0.1) is 11.7 Å². The van der Waals surface area contributed by atoms with E-state index in [1.807, 2.05) is 62.5 Å². The zero-order valence-electron chi connectivity index (χ0n) is 19.2. The van der Waals surface area contributed by atoms with E-state index in [9.17, 15) is 9.59 Å². The maximum atomic E-state index is 13.1. The highest BCUT2D eigenvalue weighted by Gasteiger charge is 2.23. The number of hydrogen-bond donors (Lipinski definition) is 3. The minimum Gasteiger partial charge on any atom is -0.481 e. The van der Waals surface area contributed by atoms with Crippen LogP contribution >= 0.6 is 0 Å². The molecule has 2 atom stereocenters. The number of aromatic nitrogens is 3. The average molecular weight is 445 g/mol. The fraction of sp³-hybridized carbons (Fsp3) is 0.269. The Morgan fingerprint density at radius 2 is 1.88 bits per heavy atom. The standard InChI is InChI=1S/C26H28N4O3/c1-15-9-10-20(11-16(15)2)33-17(3)26(32)30-23(24-13-25(31)29-18(4)28-24)12-19-14-27-22-8-6-5-7-21(19)22/h5-11,13-14,17,23,27H,12H2,1-4H3,(H,30,32)(H,28,29,31)/t17-,23-/m1/s1. The first kappa shape index (κ1) is 22.3. The summed E-state index contributed by atoms with van der Waals surface area (Å²) in [6, 6.07) is 14.7. The lowest BCUT2D eigenvalue weighted by atomic mass is 10.0. The third kappa shape index (κ3) is 5.14. The number of aryl methyl sites for hydroxylation is 3. The Labute approximate surface area is 192 Å². The van der Waals surface area contributed by atoms with Crippen molar-refractivity contribution in [3.63, 3.8) is 0 Å². The van der Waals surface area contributed by atoms with Gasteiger partial charge < -0.3 is 20.0 Å².